The summed E-state index contributed by atoms with van der Waals surface area (Å²) in [5.41, 5.74) is 0.533. The van der Waals surface area contributed by atoms with E-state index in [9.17, 15) is 0 Å². The molecule has 3 heteroatoms. The molecule has 0 radical (unpaired) electrons. The van der Waals surface area contributed by atoms with Gasteiger partial charge in [-0.05, 0) is 77.7 Å². The third-order valence-electron chi connectivity index (χ3n) is 5.72. The average molecular weight is 281 g/mol. The number of rotatable bonds is 4. The molecular formula is C17H35N3. The van der Waals surface area contributed by atoms with Gasteiger partial charge in [-0.1, -0.05) is 13.8 Å². The molecule has 1 aliphatic heterocycles. The lowest BCUT2D eigenvalue weighted by Gasteiger charge is -2.44. The van der Waals surface area contributed by atoms with E-state index < -0.39 is 0 Å². The molecule has 1 heterocycles. The van der Waals surface area contributed by atoms with Gasteiger partial charge in [0, 0.05) is 18.6 Å². The van der Waals surface area contributed by atoms with Gasteiger partial charge >= 0.3 is 0 Å². The van der Waals surface area contributed by atoms with Crippen molar-refractivity contribution in [2.75, 3.05) is 40.8 Å². The first kappa shape index (κ1) is 16.3. The van der Waals surface area contributed by atoms with Crippen LogP contribution >= 0.6 is 0 Å². The van der Waals surface area contributed by atoms with E-state index in [2.05, 4.69) is 50.1 Å². The summed E-state index contributed by atoms with van der Waals surface area (Å²) in [6, 6.07) is 1.52. The molecule has 2 rings (SSSR count). The van der Waals surface area contributed by atoms with Crippen molar-refractivity contribution < 1.29 is 0 Å². The van der Waals surface area contributed by atoms with Crippen molar-refractivity contribution in [1.82, 2.24) is 15.1 Å². The molecule has 0 spiro atoms. The quantitative estimate of drug-likeness (QED) is 0.854. The van der Waals surface area contributed by atoms with Crippen molar-refractivity contribution in [3.63, 3.8) is 0 Å². The van der Waals surface area contributed by atoms with Crippen molar-refractivity contribution >= 4 is 0 Å². The molecule has 2 atom stereocenters. The van der Waals surface area contributed by atoms with E-state index in [4.69, 9.17) is 0 Å². The summed E-state index contributed by atoms with van der Waals surface area (Å²) in [6.07, 6.45) is 6.76. The molecule has 3 nitrogen and oxygen atoms in total. The molecule has 2 fully saturated rings. The highest BCUT2D eigenvalue weighted by molar-refractivity contribution is 4.90. The average Bonchev–Trinajstić information content (AvgIpc) is 2.38. The lowest BCUT2D eigenvalue weighted by molar-refractivity contribution is 0.0773. The fourth-order valence-corrected chi connectivity index (χ4v) is 4.26. The number of nitrogens with one attached hydrogen (secondary N) is 1. The molecule has 1 saturated carbocycles. The third kappa shape index (κ3) is 4.19. The summed E-state index contributed by atoms with van der Waals surface area (Å²) in [4.78, 5) is 5.12. The second-order valence-corrected chi connectivity index (χ2v) is 8.04. The van der Waals surface area contributed by atoms with Crippen LogP contribution in [0.3, 0.4) is 0 Å². The van der Waals surface area contributed by atoms with E-state index in [1.807, 2.05) is 0 Å². The van der Waals surface area contributed by atoms with E-state index in [0.717, 1.165) is 18.0 Å². The number of hydrogen-bond acceptors (Lipinski definition) is 3. The first-order valence-electron chi connectivity index (χ1n) is 8.47. The Morgan fingerprint density at radius 1 is 1.20 bits per heavy atom. The molecule has 2 unspecified atom stereocenters. The van der Waals surface area contributed by atoms with Gasteiger partial charge in [0.1, 0.15) is 0 Å². The van der Waals surface area contributed by atoms with E-state index in [-0.39, 0.29) is 0 Å². The van der Waals surface area contributed by atoms with Crippen LogP contribution in [-0.4, -0.2) is 62.7 Å². The Morgan fingerprint density at radius 3 is 2.45 bits per heavy atom. The topological polar surface area (TPSA) is 18.5 Å². The van der Waals surface area contributed by atoms with Gasteiger partial charge < -0.3 is 15.1 Å². The maximum atomic E-state index is 3.57. The van der Waals surface area contributed by atoms with Gasteiger partial charge in [-0.25, -0.2) is 0 Å². The van der Waals surface area contributed by atoms with Gasteiger partial charge in [0.25, 0.3) is 0 Å². The van der Waals surface area contributed by atoms with Gasteiger partial charge in [-0.15, -0.1) is 0 Å². The minimum absolute atomic E-state index is 0.533. The Balaban J connectivity index is 1.89. The Morgan fingerprint density at radius 2 is 1.85 bits per heavy atom. The molecule has 2 aliphatic rings. The Bertz CT molecular complexity index is 295. The molecule has 0 bridgehead atoms. The molecule has 1 saturated heterocycles. The van der Waals surface area contributed by atoms with Crippen LogP contribution in [0.2, 0.25) is 0 Å². The molecule has 0 aromatic heterocycles. The Kier molecular flexibility index (Phi) is 5.49. The van der Waals surface area contributed by atoms with E-state index in [1.54, 1.807) is 0 Å². The minimum atomic E-state index is 0.533. The predicted octanol–water partition coefficient (Wildman–Crippen LogP) is 2.43. The summed E-state index contributed by atoms with van der Waals surface area (Å²) in [6.45, 7) is 8.69. The van der Waals surface area contributed by atoms with Gasteiger partial charge in [-0.3, -0.25) is 0 Å². The van der Waals surface area contributed by atoms with Crippen LogP contribution in [0.1, 0.15) is 46.0 Å². The van der Waals surface area contributed by atoms with E-state index in [0.29, 0.717) is 5.41 Å². The van der Waals surface area contributed by atoms with Crippen LogP contribution in [-0.2, 0) is 0 Å². The Hall–Kier alpha value is -0.120. The van der Waals surface area contributed by atoms with Crippen molar-refractivity contribution in [2.24, 2.45) is 11.3 Å². The Labute approximate surface area is 126 Å². The molecule has 0 aromatic rings. The van der Waals surface area contributed by atoms with Crippen LogP contribution in [0.15, 0.2) is 0 Å². The first-order valence-corrected chi connectivity index (χ1v) is 8.47. The van der Waals surface area contributed by atoms with Crippen LogP contribution in [0.4, 0.5) is 0 Å². The largest absolute Gasteiger partial charge is 0.317 e. The SMILES string of the molecule is CNC1CCC(C)(C)CC1CN(C)C1CCN(C)CC1. The number of piperidine rings is 1. The molecule has 118 valence electrons. The standard InChI is InChI=1S/C17H35N3/c1-17(2)9-6-16(18-3)14(12-17)13-20(5)15-7-10-19(4)11-8-15/h14-16,18H,6-13H2,1-5H3. The van der Waals surface area contributed by atoms with Crippen LogP contribution in [0, 0.1) is 11.3 Å². The molecule has 0 amide bonds. The number of hydrogen-bond donors (Lipinski definition) is 1. The first-order chi connectivity index (χ1) is 9.41. The second-order valence-electron chi connectivity index (χ2n) is 8.04. The zero-order chi connectivity index (χ0) is 14.8. The van der Waals surface area contributed by atoms with Crippen LogP contribution in [0.5, 0.6) is 0 Å². The summed E-state index contributed by atoms with van der Waals surface area (Å²) in [7, 11) is 6.74. The zero-order valence-electron chi connectivity index (χ0n) is 14.3. The zero-order valence-corrected chi connectivity index (χ0v) is 14.3. The highest BCUT2D eigenvalue weighted by Gasteiger charge is 2.35. The molecule has 0 aromatic carbocycles. The van der Waals surface area contributed by atoms with Crippen molar-refractivity contribution in [2.45, 2.75) is 58.0 Å². The minimum Gasteiger partial charge on any atom is -0.317 e. The summed E-state index contributed by atoms with van der Waals surface area (Å²) in [5, 5.41) is 3.57. The van der Waals surface area contributed by atoms with E-state index >= 15 is 0 Å². The number of likely N-dealkylation sites (tertiary alicyclic amines) is 1. The lowest BCUT2D eigenvalue weighted by atomic mass is 9.69. The third-order valence-corrected chi connectivity index (χ3v) is 5.72. The van der Waals surface area contributed by atoms with Gasteiger partial charge in [0.2, 0.25) is 0 Å². The summed E-state index contributed by atoms with van der Waals surface area (Å²) < 4.78 is 0. The monoisotopic (exact) mass is 281 g/mol. The highest BCUT2D eigenvalue weighted by Crippen LogP contribution is 2.39. The maximum absolute atomic E-state index is 3.57. The van der Waals surface area contributed by atoms with Gasteiger partial charge in [0.15, 0.2) is 0 Å². The van der Waals surface area contributed by atoms with E-state index in [1.165, 1.54) is 51.7 Å². The van der Waals surface area contributed by atoms with Crippen molar-refractivity contribution in [3.05, 3.63) is 0 Å². The highest BCUT2D eigenvalue weighted by atomic mass is 15.2. The fourth-order valence-electron chi connectivity index (χ4n) is 4.26. The molecule has 1 aliphatic carbocycles. The summed E-state index contributed by atoms with van der Waals surface area (Å²) >= 11 is 0. The second kappa shape index (κ2) is 6.76. The van der Waals surface area contributed by atoms with Crippen molar-refractivity contribution in [3.8, 4) is 0 Å². The molecular weight excluding hydrogens is 246 g/mol. The lowest BCUT2D eigenvalue weighted by Crippen LogP contribution is -2.49. The van der Waals surface area contributed by atoms with Crippen LogP contribution < -0.4 is 5.32 Å². The van der Waals surface area contributed by atoms with Crippen molar-refractivity contribution in [1.29, 1.82) is 0 Å². The molecule has 20 heavy (non-hydrogen) atoms. The normalized spacial score (nSPS) is 32.7. The van der Waals surface area contributed by atoms with Gasteiger partial charge in [0.05, 0.1) is 0 Å². The number of nitrogens with zero attached hydrogens (tertiary/aromatic N) is 2. The summed E-state index contributed by atoms with van der Waals surface area (Å²) in [5.74, 6) is 0.813. The maximum Gasteiger partial charge on any atom is 0.0117 e. The molecule has 1 N–H and O–H groups in total. The predicted molar refractivity (Wildman–Crippen MR) is 87.1 cm³/mol. The van der Waals surface area contributed by atoms with Crippen LogP contribution in [0.25, 0.3) is 0 Å². The smallest absolute Gasteiger partial charge is 0.0117 e. The fraction of sp³-hybridized carbons (Fsp3) is 1.00. The van der Waals surface area contributed by atoms with Gasteiger partial charge in [-0.2, -0.15) is 0 Å².